The maximum atomic E-state index is 13.2. The fourth-order valence-electron chi connectivity index (χ4n) is 1.32. The monoisotopic (exact) mass is 302 g/mol. The molecule has 82 valence electrons. The van der Waals surface area contributed by atoms with Crippen molar-refractivity contribution in [2.45, 2.75) is 16.1 Å². The van der Waals surface area contributed by atoms with Crippen LogP contribution in [0.2, 0.25) is 0 Å². The van der Waals surface area contributed by atoms with Gasteiger partial charge in [-0.05, 0) is 18.2 Å². The Morgan fingerprint density at radius 2 is 1.80 bits per heavy atom. The smallest absolute Gasteiger partial charge is 0.248 e. The summed E-state index contributed by atoms with van der Waals surface area (Å²) in [6.07, 6.45) is 0. The molecular formula is C8H3BrF4OS. The molecule has 0 aliphatic carbocycles. The highest BCUT2D eigenvalue weighted by Gasteiger charge is 2.68. The van der Waals surface area contributed by atoms with Crippen molar-refractivity contribution in [1.82, 2.24) is 0 Å². The summed E-state index contributed by atoms with van der Waals surface area (Å²) < 4.78 is 63.7. The maximum Gasteiger partial charge on any atom is 0.391 e. The van der Waals surface area contributed by atoms with Crippen LogP contribution in [0.4, 0.5) is 17.6 Å². The molecule has 1 aromatic rings. The lowest BCUT2D eigenvalue weighted by Gasteiger charge is -2.16. The van der Waals surface area contributed by atoms with E-state index in [0.29, 0.717) is 0 Å². The molecule has 0 bridgehead atoms. The normalized spacial score (nSPS) is 26.3. The molecule has 0 fully saturated rings. The van der Waals surface area contributed by atoms with Crippen LogP contribution in [-0.4, -0.2) is 9.46 Å². The molecule has 15 heavy (non-hydrogen) atoms. The van der Waals surface area contributed by atoms with Gasteiger partial charge in [-0.3, -0.25) is 0 Å². The fraction of sp³-hybridized carbons (Fsp3) is 0.250. The minimum Gasteiger partial charge on any atom is -0.248 e. The third-order valence-electron chi connectivity index (χ3n) is 2.08. The van der Waals surface area contributed by atoms with E-state index in [0.717, 1.165) is 12.1 Å². The van der Waals surface area contributed by atoms with E-state index < -0.39 is 32.4 Å². The Kier molecular flexibility index (Phi) is 2.24. The zero-order valence-electron chi connectivity index (χ0n) is 6.94. The zero-order chi connectivity index (χ0) is 11.4. The first kappa shape index (κ1) is 11.1. The van der Waals surface area contributed by atoms with Gasteiger partial charge < -0.3 is 0 Å². The molecule has 7 heteroatoms. The van der Waals surface area contributed by atoms with E-state index in [1.165, 1.54) is 6.07 Å². The second kappa shape index (κ2) is 3.04. The first-order valence-corrected chi connectivity index (χ1v) is 5.70. The Morgan fingerprint density at radius 3 is 2.40 bits per heavy atom. The molecular weight excluding hydrogens is 300 g/mol. The highest BCUT2D eigenvalue weighted by Crippen LogP contribution is 2.54. The molecule has 2 rings (SSSR count). The van der Waals surface area contributed by atoms with Crippen LogP contribution in [0, 0.1) is 0 Å². The molecule has 1 atom stereocenters. The van der Waals surface area contributed by atoms with Crippen molar-refractivity contribution >= 4 is 26.7 Å². The predicted molar refractivity (Wildman–Crippen MR) is 49.4 cm³/mol. The molecule has 1 aromatic carbocycles. The Morgan fingerprint density at radius 1 is 1.20 bits per heavy atom. The van der Waals surface area contributed by atoms with Gasteiger partial charge in [0.2, 0.25) is 0 Å². The van der Waals surface area contributed by atoms with E-state index in [1.807, 2.05) is 0 Å². The fourth-order valence-corrected chi connectivity index (χ4v) is 2.88. The van der Waals surface area contributed by atoms with Crippen molar-refractivity contribution in [3.8, 4) is 0 Å². The van der Waals surface area contributed by atoms with E-state index >= 15 is 0 Å². The molecule has 0 amide bonds. The highest BCUT2D eigenvalue weighted by molar-refractivity contribution is 9.10. The van der Waals surface area contributed by atoms with Gasteiger partial charge >= 0.3 is 11.2 Å². The van der Waals surface area contributed by atoms with E-state index in [-0.39, 0.29) is 4.47 Å². The zero-order valence-corrected chi connectivity index (χ0v) is 9.34. The summed E-state index contributed by atoms with van der Waals surface area (Å²) in [5.41, 5.74) is -0.875. The van der Waals surface area contributed by atoms with Crippen molar-refractivity contribution in [2.24, 2.45) is 0 Å². The van der Waals surface area contributed by atoms with Crippen LogP contribution in [0.5, 0.6) is 0 Å². The van der Waals surface area contributed by atoms with Crippen LogP contribution in [0.3, 0.4) is 0 Å². The lowest BCUT2D eigenvalue weighted by Crippen LogP contribution is -2.35. The van der Waals surface area contributed by atoms with Gasteiger partial charge in [0.25, 0.3) is 0 Å². The number of hydrogen-bond donors (Lipinski definition) is 0. The van der Waals surface area contributed by atoms with Gasteiger partial charge in [0.15, 0.2) is 0 Å². The first-order valence-electron chi connectivity index (χ1n) is 3.76. The Labute approximate surface area is 93.1 Å². The summed E-state index contributed by atoms with van der Waals surface area (Å²) in [5, 5.41) is -4.53. The SMILES string of the molecule is O=S1c2ccc(Br)cc2C(F)(F)C1(F)F. The average Bonchev–Trinajstić information content (AvgIpc) is 2.27. The van der Waals surface area contributed by atoms with Crippen molar-refractivity contribution in [3.63, 3.8) is 0 Å². The van der Waals surface area contributed by atoms with E-state index in [4.69, 9.17) is 0 Å². The summed E-state index contributed by atoms with van der Waals surface area (Å²) in [4.78, 5) is -0.506. The molecule has 0 aromatic heterocycles. The Hall–Kier alpha value is -0.430. The van der Waals surface area contributed by atoms with Crippen LogP contribution in [0.1, 0.15) is 5.56 Å². The molecule has 0 N–H and O–H groups in total. The van der Waals surface area contributed by atoms with Gasteiger partial charge in [0.05, 0.1) is 4.90 Å². The molecule has 0 radical (unpaired) electrons. The third kappa shape index (κ3) is 1.29. The largest absolute Gasteiger partial charge is 0.391 e. The minimum absolute atomic E-state index is 0.246. The second-order valence-electron chi connectivity index (χ2n) is 3.00. The first-order chi connectivity index (χ1) is 6.78. The molecule has 1 nitrogen and oxygen atoms in total. The summed E-state index contributed by atoms with van der Waals surface area (Å²) in [6, 6.07) is 3.19. The maximum absolute atomic E-state index is 13.2. The molecule has 1 aliphatic heterocycles. The lowest BCUT2D eigenvalue weighted by atomic mass is 10.1. The van der Waals surface area contributed by atoms with Crippen molar-refractivity contribution < 1.29 is 21.8 Å². The van der Waals surface area contributed by atoms with Gasteiger partial charge in [0.1, 0.15) is 10.8 Å². The second-order valence-corrected chi connectivity index (χ2v) is 5.41. The number of benzene rings is 1. The van der Waals surface area contributed by atoms with Gasteiger partial charge in [0, 0.05) is 10.0 Å². The predicted octanol–water partition coefficient (Wildman–Crippen LogP) is 3.25. The third-order valence-corrected chi connectivity index (χ3v) is 4.05. The average molecular weight is 303 g/mol. The molecule has 0 saturated heterocycles. The van der Waals surface area contributed by atoms with E-state index in [1.54, 1.807) is 0 Å². The van der Waals surface area contributed by atoms with Crippen LogP contribution in [0.15, 0.2) is 27.6 Å². The van der Waals surface area contributed by atoms with Crippen LogP contribution in [0.25, 0.3) is 0 Å². The summed E-state index contributed by atoms with van der Waals surface area (Å²) >= 11 is 2.90. The molecule has 1 unspecified atom stereocenters. The Bertz CT molecular complexity index is 460. The summed E-state index contributed by atoms with van der Waals surface area (Å²) in [7, 11) is -2.99. The molecule has 0 saturated carbocycles. The highest BCUT2D eigenvalue weighted by atomic mass is 79.9. The van der Waals surface area contributed by atoms with E-state index in [9.17, 15) is 21.8 Å². The Balaban J connectivity index is 2.75. The van der Waals surface area contributed by atoms with Crippen LogP contribution < -0.4 is 0 Å². The van der Waals surface area contributed by atoms with Gasteiger partial charge in [-0.15, -0.1) is 0 Å². The number of halogens is 5. The summed E-state index contributed by atoms with van der Waals surface area (Å²) in [6.45, 7) is 0. The van der Waals surface area contributed by atoms with Gasteiger partial charge in [-0.25, -0.2) is 4.21 Å². The number of fused-ring (bicyclic) bond motifs is 1. The minimum atomic E-state index is -4.53. The van der Waals surface area contributed by atoms with Gasteiger partial charge in [-0.1, -0.05) is 15.9 Å². The topological polar surface area (TPSA) is 17.1 Å². The van der Waals surface area contributed by atoms with Crippen molar-refractivity contribution in [3.05, 3.63) is 28.2 Å². The van der Waals surface area contributed by atoms with E-state index in [2.05, 4.69) is 15.9 Å². The number of alkyl halides is 4. The lowest BCUT2D eigenvalue weighted by molar-refractivity contribution is -0.156. The quantitative estimate of drug-likeness (QED) is 0.672. The number of hydrogen-bond acceptors (Lipinski definition) is 1. The standard InChI is InChI=1S/C8H3BrF4OS/c9-4-1-2-6-5(3-4)7(10,11)8(12,13)15(6)14/h1-3H. The summed E-state index contributed by atoms with van der Waals surface area (Å²) in [5.74, 6) is -4.38. The number of rotatable bonds is 0. The molecule has 1 heterocycles. The van der Waals surface area contributed by atoms with Crippen molar-refractivity contribution in [2.75, 3.05) is 0 Å². The van der Waals surface area contributed by atoms with Crippen molar-refractivity contribution in [1.29, 1.82) is 0 Å². The van der Waals surface area contributed by atoms with Crippen LogP contribution in [-0.2, 0) is 16.7 Å². The van der Waals surface area contributed by atoms with Crippen LogP contribution >= 0.6 is 15.9 Å². The van der Waals surface area contributed by atoms with Gasteiger partial charge in [-0.2, -0.15) is 17.6 Å². The molecule has 1 aliphatic rings. The molecule has 0 spiro atoms.